The van der Waals surface area contributed by atoms with E-state index < -0.39 is 11.6 Å². The summed E-state index contributed by atoms with van der Waals surface area (Å²) in [5, 5.41) is 6.19. The van der Waals surface area contributed by atoms with E-state index in [1.807, 2.05) is 0 Å². The molecule has 0 unspecified atom stereocenters. The number of hydrogen-bond acceptors (Lipinski definition) is 3. The lowest BCUT2D eigenvalue weighted by atomic mass is 10.0. The quantitative estimate of drug-likeness (QED) is 0.791. The predicted octanol–water partition coefficient (Wildman–Crippen LogP) is 4.90. The molecule has 24 heavy (non-hydrogen) atoms. The molecule has 3 nitrogen and oxygen atoms in total. The molecule has 3 rings (SSSR count). The van der Waals surface area contributed by atoms with Gasteiger partial charge in [0.1, 0.15) is 16.8 Å². The summed E-state index contributed by atoms with van der Waals surface area (Å²) >= 11 is 5.92. The Bertz CT molecular complexity index is 916. The second-order valence-electron chi connectivity index (χ2n) is 5.24. The summed E-state index contributed by atoms with van der Waals surface area (Å²) in [6.07, 6.45) is 6.54. The third-order valence-electron chi connectivity index (χ3n) is 3.74. The van der Waals surface area contributed by atoms with Gasteiger partial charge in [-0.15, -0.1) is 0 Å². The van der Waals surface area contributed by atoms with Crippen LogP contribution in [-0.4, -0.2) is 15.2 Å². The van der Waals surface area contributed by atoms with E-state index in [2.05, 4.69) is 16.7 Å². The maximum Gasteiger partial charge on any atom is 0.150 e. The highest BCUT2D eigenvalue weighted by molar-refractivity contribution is 6.68. The number of nitrogens with zero attached hydrogens (tertiary/aromatic N) is 3. The minimum atomic E-state index is -0.647. The van der Waals surface area contributed by atoms with Crippen molar-refractivity contribution < 1.29 is 8.78 Å². The van der Waals surface area contributed by atoms with Crippen LogP contribution in [0.1, 0.15) is 12.5 Å². The zero-order valence-electron chi connectivity index (χ0n) is 12.9. The van der Waals surface area contributed by atoms with Crippen LogP contribution in [-0.2, 0) is 6.42 Å². The van der Waals surface area contributed by atoms with E-state index in [1.54, 1.807) is 37.3 Å². The highest BCUT2D eigenvalue weighted by Gasteiger charge is 2.20. The van der Waals surface area contributed by atoms with Gasteiger partial charge in [0.15, 0.2) is 0 Å². The Kier molecular flexibility index (Phi) is 4.44. The molecule has 0 saturated carbocycles. The molecule has 1 aliphatic rings. The molecule has 0 fully saturated rings. The molecule has 6 heteroatoms. The molecule has 1 aromatic carbocycles. The zero-order valence-corrected chi connectivity index (χ0v) is 13.7. The Balaban J connectivity index is 2.02. The monoisotopic (exact) mass is 345 g/mol. The van der Waals surface area contributed by atoms with E-state index in [0.717, 1.165) is 0 Å². The minimum Gasteiger partial charge on any atom is -0.256 e. The van der Waals surface area contributed by atoms with E-state index in [0.29, 0.717) is 11.4 Å². The van der Waals surface area contributed by atoms with Crippen molar-refractivity contribution in [3.63, 3.8) is 0 Å². The van der Waals surface area contributed by atoms with E-state index in [4.69, 9.17) is 11.6 Å². The van der Waals surface area contributed by atoms with Crippen LogP contribution in [0, 0.1) is 11.6 Å². The number of fused-ring (bicyclic) bond motifs is 1. The highest BCUT2D eigenvalue weighted by atomic mass is 35.5. The smallest absolute Gasteiger partial charge is 0.150 e. The number of aromatic nitrogens is 1. The van der Waals surface area contributed by atoms with Crippen molar-refractivity contribution in [1.82, 2.24) is 9.99 Å². The first-order valence-corrected chi connectivity index (χ1v) is 7.67. The standard InChI is InChI=1S/C18H14ClF2N3/c1-3-12(24-11(2)6-7-17(19)23-24)9-14-15(20)10-16-13(18(14)21)5-4-8-22-16/h3-8,10H,2,9H2,1H3/b12-3-. The summed E-state index contributed by atoms with van der Waals surface area (Å²) in [6.45, 7) is 5.64. The van der Waals surface area contributed by atoms with Crippen molar-refractivity contribution in [2.45, 2.75) is 13.3 Å². The molecule has 0 saturated heterocycles. The Hall–Kier alpha value is -2.53. The molecule has 0 spiro atoms. The van der Waals surface area contributed by atoms with Crippen molar-refractivity contribution >= 4 is 27.7 Å². The van der Waals surface area contributed by atoms with Gasteiger partial charge < -0.3 is 0 Å². The maximum atomic E-state index is 14.7. The molecule has 0 bridgehead atoms. The Labute approximate surface area is 143 Å². The van der Waals surface area contributed by atoms with E-state index in [1.165, 1.54) is 17.3 Å². The second-order valence-corrected chi connectivity index (χ2v) is 5.62. The van der Waals surface area contributed by atoms with Crippen molar-refractivity contribution in [3.05, 3.63) is 77.8 Å². The Morgan fingerprint density at radius 1 is 1.38 bits per heavy atom. The molecule has 0 radical (unpaired) electrons. The predicted molar refractivity (Wildman–Crippen MR) is 92.5 cm³/mol. The topological polar surface area (TPSA) is 28.5 Å². The fourth-order valence-corrected chi connectivity index (χ4v) is 2.65. The van der Waals surface area contributed by atoms with E-state index in [9.17, 15) is 8.78 Å². The summed E-state index contributed by atoms with van der Waals surface area (Å²) in [4.78, 5) is 3.99. The van der Waals surface area contributed by atoms with Crippen LogP contribution in [0.3, 0.4) is 0 Å². The lowest BCUT2D eigenvalue weighted by Gasteiger charge is -2.25. The summed E-state index contributed by atoms with van der Waals surface area (Å²) in [5.74, 6) is -1.27. The molecule has 122 valence electrons. The molecular weight excluding hydrogens is 332 g/mol. The third-order valence-corrected chi connectivity index (χ3v) is 3.94. The van der Waals surface area contributed by atoms with Gasteiger partial charge in [-0.2, -0.15) is 5.10 Å². The molecule has 2 aromatic rings. The number of halogens is 3. The zero-order chi connectivity index (χ0) is 17.3. The first-order valence-electron chi connectivity index (χ1n) is 7.29. The van der Waals surface area contributed by atoms with Gasteiger partial charge in [0.2, 0.25) is 0 Å². The van der Waals surface area contributed by atoms with Crippen molar-refractivity contribution in [3.8, 4) is 0 Å². The van der Waals surface area contributed by atoms with Crippen molar-refractivity contribution in [1.29, 1.82) is 0 Å². The van der Waals surface area contributed by atoms with Crippen molar-refractivity contribution in [2.24, 2.45) is 5.10 Å². The first kappa shape index (κ1) is 16.3. The molecule has 0 atom stereocenters. The van der Waals surface area contributed by atoms with E-state index in [-0.39, 0.29) is 28.1 Å². The van der Waals surface area contributed by atoms with Gasteiger partial charge in [0.25, 0.3) is 0 Å². The van der Waals surface area contributed by atoms with Gasteiger partial charge in [-0.25, -0.2) is 13.8 Å². The highest BCUT2D eigenvalue weighted by Crippen LogP contribution is 2.28. The van der Waals surface area contributed by atoms with Gasteiger partial charge in [0, 0.05) is 35.3 Å². The molecule has 0 N–H and O–H groups in total. The van der Waals surface area contributed by atoms with Gasteiger partial charge in [0.05, 0.1) is 11.2 Å². The summed E-state index contributed by atoms with van der Waals surface area (Å²) in [5.41, 5.74) is 1.38. The largest absolute Gasteiger partial charge is 0.256 e. The number of hydrazone groups is 1. The van der Waals surface area contributed by atoms with Crippen LogP contribution in [0.4, 0.5) is 8.78 Å². The van der Waals surface area contributed by atoms with Crippen LogP contribution in [0.2, 0.25) is 0 Å². The van der Waals surface area contributed by atoms with Gasteiger partial charge >= 0.3 is 0 Å². The number of pyridine rings is 1. The van der Waals surface area contributed by atoms with E-state index >= 15 is 0 Å². The lowest BCUT2D eigenvalue weighted by Crippen LogP contribution is -2.20. The molecule has 1 aliphatic heterocycles. The average Bonchev–Trinajstić information content (AvgIpc) is 2.57. The Morgan fingerprint density at radius 2 is 2.17 bits per heavy atom. The lowest BCUT2D eigenvalue weighted by molar-refractivity contribution is 0.449. The minimum absolute atomic E-state index is 0.0134. The normalized spacial score (nSPS) is 15.2. The van der Waals surface area contributed by atoms with Crippen LogP contribution in [0.5, 0.6) is 0 Å². The summed E-state index contributed by atoms with van der Waals surface area (Å²) in [7, 11) is 0. The molecule has 1 aromatic heterocycles. The van der Waals surface area contributed by atoms with Crippen LogP contribution in [0.15, 0.2) is 65.7 Å². The van der Waals surface area contributed by atoms with Crippen LogP contribution >= 0.6 is 11.6 Å². The van der Waals surface area contributed by atoms with Crippen molar-refractivity contribution in [2.75, 3.05) is 0 Å². The first-order chi connectivity index (χ1) is 11.5. The summed E-state index contributed by atoms with van der Waals surface area (Å²) in [6, 6.07) is 4.43. The number of benzene rings is 1. The van der Waals surface area contributed by atoms with Gasteiger partial charge in [-0.1, -0.05) is 24.3 Å². The molecule has 2 heterocycles. The Morgan fingerprint density at radius 3 is 2.92 bits per heavy atom. The summed E-state index contributed by atoms with van der Waals surface area (Å²) < 4.78 is 29.1. The van der Waals surface area contributed by atoms with Crippen LogP contribution < -0.4 is 0 Å². The second kappa shape index (κ2) is 6.53. The van der Waals surface area contributed by atoms with Crippen LogP contribution in [0.25, 0.3) is 10.9 Å². The molecular formula is C18H14ClF2N3. The number of allylic oxidation sites excluding steroid dienone is 4. The molecule has 0 aliphatic carbocycles. The third kappa shape index (κ3) is 2.95. The SMILES string of the molecule is C=C1C=CC(Cl)=NN1/C(=C\C)Cc1c(F)cc2ncccc2c1F. The molecule has 0 amide bonds. The van der Waals surface area contributed by atoms with Gasteiger partial charge in [-0.05, 0) is 31.2 Å². The fraction of sp³-hybridized carbons (Fsp3) is 0.111. The number of rotatable bonds is 3. The fourth-order valence-electron chi connectivity index (χ4n) is 2.51. The van der Waals surface area contributed by atoms with Gasteiger partial charge in [-0.3, -0.25) is 4.98 Å². The average molecular weight is 346 g/mol. The maximum absolute atomic E-state index is 14.7. The number of hydrogen-bond donors (Lipinski definition) is 0.